The molecule has 2 N–H and O–H groups in total. The second kappa shape index (κ2) is 2.23. The Balaban J connectivity index is 2.51. The van der Waals surface area contributed by atoms with Crippen molar-refractivity contribution in [3.63, 3.8) is 0 Å². The number of nitrogens with zero attached hydrogens (tertiary/aromatic N) is 1. The monoisotopic (exact) mass is 142 g/mol. The number of hydrogen-bond acceptors (Lipinski definition) is 2. The molecule has 0 aromatic heterocycles. The van der Waals surface area contributed by atoms with E-state index in [0.717, 1.165) is 13.0 Å². The molecule has 1 aliphatic rings. The number of hydrogen-bond donors (Lipinski definition) is 1. The van der Waals surface area contributed by atoms with Crippen LogP contribution in [0.3, 0.4) is 0 Å². The molecular formula is C7H14N2O. The normalized spacial score (nSPS) is 32.9. The molecule has 1 heterocycles. The second-order valence-electron chi connectivity index (χ2n) is 3.34. The highest BCUT2D eigenvalue weighted by atomic mass is 16.2. The number of carbonyl (C=O) groups excluding carboxylic acids is 1. The maximum atomic E-state index is 10.8. The molecule has 0 aliphatic carbocycles. The van der Waals surface area contributed by atoms with Crippen molar-refractivity contribution in [3.05, 3.63) is 0 Å². The van der Waals surface area contributed by atoms with Crippen LogP contribution >= 0.6 is 0 Å². The van der Waals surface area contributed by atoms with E-state index < -0.39 is 0 Å². The van der Waals surface area contributed by atoms with Crippen LogP contribution in [-0.2, 0) is 4.79 Å². The van der Waals surface area contributed by atoms with Gasteiger partial charge in [-0.2, -0.15) is 0 Å². The molecule has 0 radical (unpaired) electrons. The summed E-state index contributed by atoms with van der Waals surface area (Å²) in [6.07, 6.45) is 0.923. The van der Waals surface area contributed by atoms with E-state index in [0.29, 0.717) is 6.54 Å². The molecule has 58 valence electrons. The lowest BCUT2D eigenvalue weighted by molar-refractivity contribution is -0.127. The van der Waals surface area contributed by atoms with Crippen molar-refractivity contribution in [3.8, 4) is 0 Å². The first-order valence-electron chi connectivity index (χ1n) is 3.56. The maximum Gasteiger partial charge on any atom is 0.219 e. The van der Waals surface area contributed by atoms with E-state index in [1.54, 1.807) is 11.8 Å². The molecule has 0 aromatic carbocycles. The van der Waals surface area contributed by atoms with Gasteiger partial charge in [-0.05, 0) is 13.3 Å². The summed E-state index contributed by atoms with van der Waals surface area (Å²) in [4.78, 5) is 12.6. The van der Waals surface area contributed by atoms with Gasteiger partial charge in [-0.3, -0.25) is 4.79 Å². The maximum absolute atomic E-state index is 10.8. The largest absolute Gasteiger partial charge is 0.341 e. The molecule has 1 atom stereocenters. The lowest BCUT2D eigenvalue weighted by atomic mass is 10.0. The summed E-state index contributed by atoms with van der Waals surface area (Å²) in [5.74, 6) is 0.133. The minimum atomic E-state index is -0.147. The summed E-state index contributed by atoms with van der Waals surface area (Å²) < 4.78 is 0. The Morgan fingerprint density at radius 3 is 2.50 bits per heavy atom. The van der Waals surface area contributed by atoms with Crippen molar-refractivity contribution < 1.29 is 4.79 Å². The van der Waals surface area contributed by atoms with E-state index >= 15 is 0 Å². The number of likely N-dealkylation sites (tertiary alicyclic amines) is 1. The molecule has 1 saturated heterocycles. The lowest BCUT2D eigenvalue weighted by Gasteiger charge is -2.18. The van der Waals surface area contributed by atoms with E-state index in [1.165, 1.54) is 0 Å². The fourth-order valence-electron chi connectivity index (χ4n) is 1.25. The van der Waals surface area contributed by atoms with Gasteiger partial charge in [0, 0.05) is 25.6 Å². The molecule has 10 heavy (non-hydrogen) atoms. The van der Waals surface area contributed by atoms with Crippen molar-refractivity contribution in [2.75, 3.05) is 13.1 Å². The molecule has 0 aromatic rings. The number of carbonyl (C=O) groups is 1. The van der Waals surface area contributed by atoms with Gasteiger partial charge < -0.3 is 10.6 Å². The Morgan fingerprint density at radius 2 is 2.30 bits per heavy atom. The fraction of sp³-hybridized carbons (Fsp3) is 0.857. The molecule has 1 rings (SSSR count). The first-order chi connectivity index (χ1) is 4.51. The molecule has 1 amide bonds. The van der Waals surface area contributed by atoms with E-state index in [1.807, 2.05) is 6.92 Å². The first-order valence-corrected chi connectivity index (χ1v) is 3.56. The molecular weight excluding hydrogens is 128 g/mol. The summed E-state index contributed by atoms with van der Waals surface area (Å²) in [6.45, 7) is 5.10. The standard InChI is InChI=1S/C7H14N2O/c1-6(10)9-4-3-7(2,8)5-9/h3-5,8H2,1-2H3. The van der Waals surface area contributed by atoms with Gasteiger partial charge in [0.2, 0.25) is 5.91 Å². The summed E-state index contributed by atoms with van der Waals surface area (Å²) in [5, 5.41) is 0. The molecule has 3 heteroatoms. The van der Waals surface area contributed by atoms with Crippen molar-refractivity contribution in [2.24, 2.45) is 5.73 Å². The molecule has 0 saturated carbocycles. The number of rotatable bonds is 0. The van der Waals surface area contributed by atoms with Crippen LogP contribution in [0.4, 0.5) is 0 Å². The molecule has 3 nitrogen and oxygen atoms in total. The van der Waals surface area contributed by atoms with Crippen molar-refractivity contribution >= 4 is 5.91 Å². The molecule has 1 unspecified atom stereocenters. The second-order valence-corrected chi connectivity index (χ2v) is 3.34. The topological polar surface area (TPSA) is 46.3 Å². The minimum Gasteiger partial charge on any atom is -0.341 e. The van der Waals surface area contributed by atoms with Gasteiger partial charge in [0.25, 0.3) is 0 Å². The third-order valence-corrected chi connectivity index (χ3v) is 1.95. The average molecular weight is 142 g/mol. The first kappa shape index (κ1) is 7.54. The third kappa shape index (κ3) is 1.48. The lowest BCUT2D eigenvalue weighted by Crippen LogP contribution is -2.40. The van der Waals surface area contributed by atoms with Gasteiger partial charge >= 0.3 is 0 Å². The predicted molar refractivity (Wildman–Crippen MR) is 39.5 cm³/mol. The van der Waals surface area contributed by atoms with Gasteiger partial charge in [-0.25, -0.2) is 0 Å². The van der Waals surface area contributed by atoms with Crippen LogP contribution in [0, 0.1) is 0 Å². The Kier molecular flexibility index (Phi) is 1.68. The number of amides is 1. The van der Waals surface area contributed by atoms with Crippen molar-refractivity contribution in [2.45, 2.75) is 25.8 Å². The average Bonchev–Trinajstić information content (AvgIpc) is 2.10. The zero-order valence-electron chi connectivity index (χ0n) is 6.55. The Morgan fingerprint density at radius 1 is 1.70 bits per heavy atom. The zero-order chi connectivity index (χ0) is 7.78. The smallest absolute Gasteiger partial charge is 0.219 e. The Bertz CT molecular complexity index is 154. The van der Waals surface area contributed by atoms with E-state index in [4.69, 9.17) is 5.73 Å². The highest BCUT2D eigenvalue weighted by Crippen LogP contribution is 2.16. The van der Waals surface area contributed by atoms with Gasteiger partial charge in [0.05, 0.1) is 0 Å². The SMILES string of the molecule is CC(=O)N1CCC(C)(N)C1. The van der Waals surface area contributed by atoms with Crippen LogP contribution in [-0.4, -0.2) is 29.4 Å². The quantitative estimate of drug-likeness (QED) is 0.515. The fourth-order valence-corrected chi connectivity index (χ4v) is 1.25. The van der Waals surface area contributed by atoms with E-state index in [2.05, 4.69) is 0 Å². The predicted octanol–water partition coefficient (Wildman–Crippen LogP) is -0.0440. The highest BCUT2D eigenvalue weighted by Gasteiger charge is 2.30. The van der Waals surface area contributed by atoms with Gasteiger partial charge in [-0.1, -0.05) is 0 Å². The van der Waals surface area contributed by atoms with Crippen molar-refractivity contribution in [1.82, 2.24) is 4.90 Å². The Labute approximate surface area is 61.2 Å². The summed E-state index contributed by atoms with van der Waals surface area (Å²) in [7, 11) is 0. The van der Waals surface area contributed by atoms with Crippen LogP contribution < -0.4 is 5.73 Å². The van der Waals surface area contributed by atoms with Gasteiger partial charge in [-0.15, -0.1) is 0 Å². The van der Waals surface area contributed by atoms with Crippen molar-refractivity contribution in [1.29, 1.82) is 0 Å². The Hall–Kier alpha value is -0.570. The van der Waals surface area contributed by atoms with Crippen LogP contribution in [0.1, 0.15) is 20.3 Å². The zero-order valence-corrected chi connectivity index (χ0v) is 6.55. The van der Waals surface area contributed by atoms with Crippen LogP contribution in [0.25, 0.3) is 0 Å². The molecule has 1 aliphatic heterocycles. The van der Waals surface area contributed by atoms with Gasteiger partial charge in [0.15, 0.2) is 0 Å². The van der Waals surface area contributed by atoms with E-state index in [9.17, 15) is 4.79 Å². The minimum absolute atomic E-state index is 0.133. The third-order valence-electron chi connectivity index (χ3n) is 1.95. The van der Waals surface area contributed by atoms with Crippen LogP contribution in [0.15, 0.2) is 0 Å². The summed E-state index contributed by atoms with van der Waals surface area (Å²) >= 11 is 0. The summed E-state index contributed by atoms with van der Waals surface area (Å²) in [6, 6.07) is 0. The number of nitrogens with two attached hydrogens (primary N) is 1. The molecule has 1 fully saturated rings. The van der Waals surface area contributed by atoms with Crippen LogP contribution in [0.2, 0.25) is 0 Å². The van der Waals surface area contributed by atoms with Gasteiger partial charge in [0.1, 0.15) is 0 Å². The molecule has 0 spiro atoms. The van der Waals surface area contributed by atoms with E-state index in [-0.39, 0.29) is 11.4 Å². The summed E-state index contributed by atoms with van der Waals surface area (Å²) in [5.41, 5.74) is 5.66. The molecule has 0 bridgehead atoms. The van der Waals surface area contributed by atoms with Crippen LogP contribution in [0.5, 0.6) is 0 Å². The highest BCUT2D eigenvalue weighted by molar-refractivity contribution is 5.73.